The van der Waals surface area contributed by atoms with Gasteiger partial charge in [0.1, 0.15) is 0 Å². The molecule has 5 rings (SSSR count). The van der Waals surface area contributed by atoms with Crippen LogP contribution in [0.4, 0.5) is 5.69 Å². The molecule has 27 heavy (non-hydrogen) atoms. The minimum Gasteiger partial charge on any atom is -0.448 e. The van der Waals surface area contributed by atoms with E-state index in [1.54, 1.807) is 6.07 Å². The van der Waals surface area contributed by atoms with Gasteiger partial charge in [-0.1, -0.05) is 0 Å². The summed E-state index contributed by atoms with van der Waals surface area (Å²) in [5.41, 5.74) is 1.11. The molecule has 1 aromatic heterocycles. The minimum absolute atomic E-state index is 0.216. The van der Waals surface area contributed by atoms with Crippen LogP contribution in [0.2, 0.25) is 0 Å². The van der Waals surface area contributed by atoms with Crippen LogP contribution in [-0.2, 0) is 0 Å². The molecule has 7 heteroatoms. The number of piperidine rings is 1. The number of carbonyl (C=O) groups is 1. The van der Waals surface area contributed by atoms with Gasteiger partial charge in [-0.25, -0.2) is 0 Å². The van der Waals surface area contributed by atoms with Crippen LogP contribution >= 0.6 is 0 Å². The lowest BCUT2D eigenvalue weighted by Crippen LogP contribution is -2.34. The number of rotatable bonds is 3. The molecule has 2 aliphatic heterocycles. The number of hydrogen-bond acceptors (Lipinski definition) is 5. The Morgan fingerprint density at radius 2 is 2.04 bits per heavy atom. The van der Waals surface area contributed by atoms with Crippen molar-refractivity contribution >= 4 is 11.6 Å². The Morgan fingerprint density at radius 1 is 1.19 bits per heavy atom. The van der Waals surface area contributed by atoms with Crippen molar-refractivity contribution in [1.29, 1.82) is 0 Å². The molecule has 7 nitrogen and oxygen atoms in total. The number of benzene rings is 1. The molecule has 1 saturated carbocycles. The fourth-order valence-corrected chi connectivity index (χ4v) is 4.21. The zero-order valence-electron chi connectivity index (χ0n) is 15.2. The Labute approximate surface area is 158 Å². The quantitative estimate of drug-likeness (QED) is 0.870. The molecule has 1 aromatic carbocycles. The third-order valence-electron chi connectivity index (χ3n) is 5.64. The van der Waals surface area contributed by atoms with E-state index in [9.17, 15) is 4.79 Å². The largest absolute Gasteiger partial charge is 0.448 e. The summed E-state index contributed by atoms with van der Waals surface area (Å²) >= 11 is 0. The van der Waals surface area contributed by atoms with Crippen LogP contribution in [0.3, 0.4) is 0 Å². The molecule has 0 radical (unpaired) electrons. The van der Waals surface area contributed by atoms with Crippen molar-refractivity contribution in [3.8, 4) is 11.5 Å². The third kappa shape index (κ3) is 3.16. The number of carbonyl (C=O) groups excluding carboxylic acids is 1. The number of ether oxygens (including phenoxy) is 2. The topological polar surface area (TPSA) is 77.4 Å². The van der Waals surface area contributed by atoms with Gasteiger partial charge < -0.3 is 20.1 Å². The number of nitrogens with zero attached hydrogens (tertiary/aromatic N) is 2. The van der Waals surface area contributed by atoms with Crippen LogP contribution in [0, 0.1) is 0 Å². The van der Waals surface area contributed by atoms with Gasteiger partial charge in [0.2, 0.25) is 0 Å². The summed E-state index contributed by atoms with van der Waals surface area (Å²) < 4.78 is 14.0. The molecule has 3 aliphatic rings. The second-order valence-electron chi connectivity index (χ2n) is 7.62. The molecule has 1 spiro atoms. The average Bonchev–Trinajstić information content (AvgIpc) is 3.42. The maximum Gasteiger partial charge on any atom is 0.276 e. The highest BCUT2D eigenvalue weighted by Crippen LogP contribution is 2.47. The van der Waals surface area contributed by atoms with Crippen LogP contribution in [0.5, 0.6) is 11.5 Å². The zero-order valence-corrected chi connectivity index (χ0v) is 15.2. The van der Waals surface area contributed by atoms with Gasteiger partial charge in [0.15, 0.2) is 17.2 Å². The van der Waals surface area contributed by atoms with Gasteiger partial charge in [0.05, 0.1) is 6.04 Å². The SMILES string of the molecule is O=C(Nc1ccc2c(c1)OC1(CCCC1)O2)c1ccn(C2CCCNC2)n1. The number of amides is 1. The van der Waals surface area contributed by atoms with E-state index < -0.39 is 5.79 Å². The molecule has 3 heterocycles. The standard InChI is InChI=1S/C20H24N4O3/c25-19(16-7-11-24(23-16)15-4-3-10-21-13-15)22-14-5-6-17-18(12-14)27-20(26-17)8-1-2-9-20/h5-7,11-12,15,21H,1-4,8-10,13H2,(H,22,25). The van der Waals surface area contributed by atoms with Crippen LogP contribution in [-0.4, -0.2) is 34.6 Å². The lowest BCUT2D eigenvalue weighted by atomic mass is 10.1. The highest BCUT2D eigenvalue weighted by Gasteiger charge is 2.44. The van der Waals surface area contributed by atoms with E-state index in [1.165, 1.54) is 0 Å². The van der Waals surface area contributed by atoms with Gasteiger partial charge >= 0.3 is 0 Å². The van der Waals surface area contributed by atoms with Crippen LogP contribution < -0.4 is 20.1 Å². The maximum absolute atomic E-state index is 12.6. The minimum atomic E-state index is -0.488. The summed E-state index contributed by atoms with van der Waals surface area (Å²) in [4.78, 5) is 12.6. The van der Waals surface area contributed by atoms with E-state index in [2.05, 4.69) is 15.7 Å². The highest BCUT2D eigenvalue weighted by atomic mass is 16.7. The summed E-state index contributed by atoms with van der Waals surface area (Å²) in [7, 11) is 0. The predicted molar refractivity (Wildman–Crippen MR) is 100 cm³/mol. The summed E-state index contributed by atoms with van der Waals surface area (Å²) in [6, 6.07) is 7.63. The lowest BCUT2D eigenvalue weighted by molar-refractivity contribution is -0.0716. The molecule has 1 aliphatic carbocycles. The fraction of sp³-hybridized carbons (Fsp3) is 0.500. The van der Waals surface area contributed by atoms with E-state index in [0.717, 1.165) is 57.4 Å². The van der Waals surface area contributed by atoms with Crippen molar-refractivity contribution in [1.82, 2.24) is 15.1 Å². The van der Waals surface area contributed by atoms with Gasteiger partial charge in [-0.2, -0.15) is 5.10 Å². The first kappa shape index (κ1) is 16.6. The van der Waals surface area contributed by atoms with Crippen LogP contribution in [0.15, 0.2) is 30.5 Å². The number of nitrogens with one attached hydrogen (secondary N) is 2. The second kappa shape index (κ2) is 6.56. The van der Waals surface area contributed by atoms with Crippen molar-refractivity contribution in [3.63, 3.8) is 0 Å². The molecule has 1 unspecified atom stereocenters. The lowest BCUT2D eigenvalue weighted by Gasteiger charge is -2.22. The summed E-state index contributed by atoms with van der Waals surface area (Å²) in [5, 5.41) is 10.8. The zero-order chi connectivity index (χ0) is 18.3. The molecule has 2 aromatic rings. The normalized spacial score (nSPS) is 22.9. The van der Waals surface area contributed by atoms with E-state index >= 15 is 0 Å². The third-order valence-corrected chi connectivity index (χ3v) is 5.64. The Morgan fingerprint density at radius 3 is 2.85 bits per heavy atom. The van der Waals surface area contributed by atoms with Crippen molar-refractivity contribution in [2.24, 2.45) is 0 Å². The summed E-state index contributed by atoms with van der Waals surface area (Å²) in [6.07, 6.45) is 8.17. The molecular weight excluding hydrogens is 344 g/mol. The second-order valence-corrected chi connectivity index (χ2v) is 7.62. The number of anilines is 1. The van der Waals surface area contributed by atoms with E-state index in [0.29, 0.717) is 23.2 Å². The maximum atomic E-state index is 12.6. The first-order valence-corrected chi connectivity index (χ1v) is 9.80. The van der Waals surface area contributed by atoms with Crippen LogP contribution in [0.1, 0.15) is 55.1 Å². The Hall–Kier alpha value is -2.54. The van der Waals surface area contributed by atoms with E-state index in [4.69, 9.17) is 9.47 Å². The Bertz CT molecular complexity index is 851. The Kier molecular flexibility index (Phi) is 4.04. The van der Waals surface area contributed by atoms with Gasteiger partial charge in [0, 0.05) is 37.3 Å². The first-order valence-electron chi connectivity index (χ1n) is 9.80. The van der Waals surface area contributed by atoms with Gasteiger partial charge in [0.25, 0.3) is 11.7 Å². The fourth-order valence-electron chi connectivity index (χ4n) is 4.21. The van der Waals surface area contributed by atoms with Crippen molar-refractivity contribution < 1.29 is 14.3 Å². The highest BCUT2D eigenvalue weighted by molar-refractivity contribution is 6.02. The van der Waals surface area contributed by atoms with Crippen molar-refractivity contribution in [2.75, 3.05) is 18.4 Å². The number of aromatic nitrogens is 2. The molecule has 1 saturated heterocycles. The smallest absolute Gasteiger partial charge is 0.276 e. The van der Waals surface area contributed by atoms with E-state index in [-0.39, 0.29) is 5.91 Å². The van der Waals surface area contributed by atoms with Gasteiger partial charge in [-0.05, 0) is 50.4 Å². The monoisotopic (exact) mass is 368 g/mol. The Balaban J connectivity index is 1.27. The average molecular weight is 368 g/mol. The first-order chi connectivity index (χ1) is 13.2. The molecule has 2 N–H and O–H groups in total. The van der Waals surface area contributed by atoms with Gasteiger partial charge in [-0.15, -0.1) is 0 Å². The van der Waals surface area contributed by atoms with E-state index in [1.807, 2.05) is 29.1 Å². The molecule has 0 bridgehead atoms. The molecule has 1 atom stereocenters. The summed E-state index contributed by atoms with van der Waals surface area (Å²) in [5.74, 6) is 0.752. The molecule has 142 valence electrons. The van der Waals surface area contributed by atoms with Crippen molar-refractivity contribution in [2.45, 2.75) is 50.4 Å². The summed E-state index contributed by atoms with van der Waals surface area (Å²) in [6.45, 7) is 1.95. The number of hydrogen-bond donors (Lipinski definition) is 2. The molecular formula is C20H24N4O3. The number of fused-ring (bicyclic) bond motifs is 1. The van der Waals surface area contributed by atoms with Gasteiger partial charge in [-0.3, -0.25) is 9.48 Å². The predicted octanol–water partition coefficient (Wildman–Crippen LogP) is 3.10. The molecule has 2 fully saturated rings. The van der Waals surface area contributed by atoms with Crippen LogP contribution in [0.25, 0.3) is 0 Å². The molecule has 1 amide bonds. The van der Waals surface area contributed by atoms with Crippen molar-refractivity contribution in [3.05, 3.63) is 36.2 Å².